The maximum Gasteiger partial charge on any atom is 0.243 e. The second-order valence-corrected chi connectivity index (χ2v) is 11.0. The number of halogens is 3. The molecule has 0 saturated heterocycles. The quantitative estimate of drug-likeness (QED) is 0.215. The summed E-state index contributed by atoms with van der Waals surface area (Å²) < 4.78 is 0. The molecule has 0 fully saturated rings. The van der Waals surface area contributed by atoms with Crippen LogP contribution >= 0.6 is 46.6 Å². The van der Waals surface area contributed by atoms with Gasteiger partial charge in [-0.05, 0) is 47.4 Å². The van der Waals surface area contributed by atoms with Gasteiger partial charge in [-0.2, -0.15) is 0 Å². The second kappa shape index (κ2) is 15.3. The molecule has 3 aromatic rings. The van der Waals surface area contributed by atoms with Crippen LogP contribution in [0.4, 0.5) is 0 Å². The van der Waals surface area contributed by atoms with E-state index in [9.17, 15) is 9.59 Å². The molecule has 37 heavy (non-hydrogen) atoms. The number of nitrogens with zero attached hydrogens (tertiary/aromatic N) is 1. The molecule has 0 spiro atoms. The molecule has 0 aromatic heterocycles. The SMILES string of the molecule is CCCCNC(=O)[C@@H](Cc1ccccc1)N(Cc1ccc(Cl)c(Cl)c1)C(=O)CSCc1cccc(Cl)c1. The zero-order chi connectivity index (χ0) is 26.6. The van der Waals surface area contributed by atoms with Gasteiger partial charge >= 0.3 is 0 Å². The lowest BCUT2D eigenvalue weighted by atomic mass is 10.0. The normalized spacial score (nSPS) is 11.7. The van der Waals surface area contributed by atoms with Crippen molar-refractivity contribution in [3.05, 3.63) is 105 Å². The number of carbonyl (C=O) groups excluding carboxylic acids is 2. The van der Waals surface area contributed by atoms with Crippen molar-refractivity contribution in [2.24, 2.45) is 0 Å². The van der Waals surface area contributed by atoms with Crippen LogP contribution in [0.15, 0.2) is 72.8 Å². The lowest BCUT2D eigenvalue weighted by molar-refractivity contribution is -0.139. The molecule has 0 aliphatic rings. The lowest BCUT2D eigenvalue weighted by Crippen LogP contribution is -2.51. The number of thioether (sulfide) groups is 1. The van der Waals surface area contributed by atoms with E-state index in [-0.39, 0.29) is 24.1 Å². The van der Waals surface area contributed by atoms with Crippen molar-refractivity contribution in [1.82, 2.24) is 10.2 Å². The summed E-state index contributed by atoms with van der Waals surface area (Å²) >= 11 is 20.0. The zero-order valence-electron chi connectivity index (χ0n) is 20.8. The number of benzene rings is 3. The average molecular weight is 578 g/mol. The van der Waals surface area contributed by atoms with E-state index in [2.05, 4.69) is 12.2 Å². The summed E-state index contributed by atoms with van der Waals surface area (Å²) in [6, 6.07) is 22.0. The van der Waals surface area contributed by atoms with E-state index in [1.165, 1.54) is 11.8 Å². The Morgan fingerprint density at radius 2 is 1.65 bits per heavy atom. The molecule has 0 unspecified atom stereocenters. The van der Waals surface area contributed by atoms with Crippen LogP contribution in [-0.2, 0) is 28.3 Å². The maximum atomic E-state index is 13.7. The third-order valence-electron chi connectivity index (χ3n) is 5.82. The molecular weight excluding hydrogens is 547 g/mol. The fourth-order valence-electron chi connectivity index (χ4n) is 3.86. The number of hydrogen-bond acceptors (Lipinski definition) is 3. The van der Waals surface area contributed by atoms with Crippen molar-refractivity contribution < 1.29 is 9.59 Å². The summed E-state index contributed by atoms with van der Waals surface area (Å²) in [6.07, 6.45) is 2.25. The molecule has 3 aromatic carbocycles. The molecule has 8 heteroatoms. The highest BCUT2D eigenvalue weighted by Crippen LogP contribution is 2.25. The molecule has 1 atom stereocenters. The Kier molecular flexibility index (Phi) is 12.1. The molecule has 1 N–H and O–H groups in total. The topological polar surface area (TPSA) is 49.4 Å². The highest BCUT2D eigenvalue weighted by atomic mass is 35.5. The van der Waals surface area contributed by atoms with Crippen molar-refractivity contribution in [3.63, 3.8) is 0 Å². The summed E-state index contributed by atoms with van der Waals surface area (Å²) in [7, 11) is 0. The van der Waals surface area contributed by atoms with Crippen LogP contribution in [0.2, 0.25) is 15.1 Å². The predicted molar refractivity (Wildman–Crippen MR) is 156 cm³/mol. The number of carbonyl (C=O) groups is 2. The summed E-state index contributed by atoms with van der Waals surface area (Å²) in [5.74, 6) is 0.579. The van der Waals surface area contributed by atoms with Gasteiger partial charge in [0, 0.05) is 30.3 Å². The van der Waals surface area contributed by atoms with E-state index >= 15 is 0 Å². The van der Waals surface area contributed by atoms with E-state index in [1.807, 2.05) is 60.7 Å². The van der Waals surface area contributed by atoms with E-state index < -0.39 is 6.04 Å². The number of rotatable bonds is 13. The Hall–Kier alpha value is -2.18. The van der Waals surface area contributed by atoms with Gasteiger partial charge in [0.05, 0.1) is 15.8 Å². The third-order valence-corrected chi connectivity index (χ3v) is 7.78. The summed E-state index contributed by atoms with van der Waals surface area (Å²) in [5.41, 5.74) is 2.83. The Labute approximate surface area is 238 Å². The van der Waals surface area contributed by atoms with Crippen LogP contribution in [0.5, 0.6) is 0 Å². The standard InChI is InChI=1S/C29H31Cl3N2O2S/c1-2-3-14-33-29(36)27(17-21-8-5-4-6-9-21)34(18-22-12-13-25(31)26(32)16-22)28(35)20-37-19-23-10-7-11-24(30)15-23/h4-13,15-16,27H,2-3,14,17-20H2,1H3,(H,33,36)/t27-/m1/s1. The zero-order valence-corrected chi connectivity index (χ0v) is 23.8. The molecule has 0 heterocycles. The van der Waals surface area contributed by atoms with Gasteiger partial charge < -0.3 is 10.2 Å². The summed E-state index contributed by atoms with van der Waals surface area (Å²) in [6.45, 7) is 2.88. The number of unbranched alkanes of at least 4 members (excludes halogenated alkanes) is 1. The molecule has 4 nitrogen and oxygen atoms in total. The van der Waals surface area contributed by atoms with Gasteiger partial charge in [-0.25, -0.2) is 0 Å². The van der Waals surface area contributed by atoms with E-state index in [0.29, 0.717) is 33.8 Å². The predicted octanol–water partition coefficient (Wildman–Crippen LogP) is 7.44. The third kappa shape index (κ3) is 9.57. The van der Waals surface area contributed by atoms with Gasteiger partial charge in [0.25, 0.3) is 0 Å². The molecule has 196 valence electrons. The van der Waals surface area contributed by atoms with Gasteiger partial charge in [-0.3, -0.25) is 9.59 Å². The van der Waals surface area contributed by atoms with E-state index in [0.717, 1.165) is 29.5 Å². The minimum atomic E-state index is -0.673. The first-order chi connectivity index (χ1) is 17.9. The minimum Gasteiger partial charge on any atom is -0.354 e. The minimum absolute atomic E-state index is 0.121. The van der Waals surface area contributed by atoms with Crippen LogP contribution < -0.4 is 5.32 Å². The van der Waals surface area contributed by atoms with Crippen LogP contribution in [0.25, 0.3) is 0 Å². The first-order valence-corrected chi connectivity index (χ1v) is 14.5. The van der Waals surface area contributed by atoms with Crippen molar-refractivity contribution in [1.29, 1.82) is 0 Å². The Morgan fingerprint density at radius 3 is 2.35 bits per heavy atom. The van der Waals surface area contributed by atoms with Crippen molar-refractivity contribution >= 4 is 58.4 Å². The summed E-state index contributed by atoms with van der Waals surface area (Å²) in [5, 5.41) is 4.55. The Balaban J connectivity index is 1.85. The van der Waals surface area contributed by atoms with Crippen molar-refractivity contribution in [2.45, 2.75) is 44.5 Å². The number of amides is 2. The van der Waals surface area contributed by atoms with Crippen molar-refractivity contribution in [2.75, 3.05) is 12.3 Å². The maximum absolute atomic E-state index is 13.7. The lowest BCUT2D eigenvalue weighted by Gasteiger charge is -2.31. The van der Waals surface area contributed by atoms with Crippen molar-refractivity contribution in [3.8, 4) is 0 Å². The molecule has 3 rings (SSSR count). The van der Waals surface area contributed by atoms with Crippen LogP contribution in [0.1, 0.15) is 36.5 Å². The van der Waals surface area contributed by atoms with Gasteiger partial charge in [-0.15, -0.1) is 11.8 Å². The number of hydrogen-bond donors (Lipinski definition) is 1. The smallest absolute Gasteiger partial charge is 0.243 e. The molecule has 0 aliphatic carbocycles. The monoisotopic (exact) mass is 576 g/mol. The molecule has 0 radical (unpaired) electrons. The van der Waals surface area contributed by atoms with E-state index in [4.69, 9.17) is 34.8 Å². The molecular formula is C29H31Cl3N2O2S. The molecule has 0 aliphatic heterocycles. The van der Waals surface area contributed by atoms with Gasteiger partial charge in [-0.1, -0.05) is 96.7 Å². The molecule has 2 amide bonds. The van der Waals surface area contributed by atoms with Crippen LogP contribution in [-0.4, -0.2) is 35.1 Å². The Morgan fingerprint density at radius 1 is 0.892 bits per heavy atom. The average Bonchev–Trinajstić information content (AvgIpc) is 2.89. The second-order valence-electron chi connectivity index (χ2n) is 8.74. The fraction of sp³-hybridized carbons (Fsp3) is 0.310. The molecule has 0 bridgehead atoms. The van der Waals surface area contributed by atoms with Crippen LogP contribution in [0.3, 0.4) is 0 Å². The first kappa shape index (κ1) is 29.4. The number of nitrogens with one attached hydrogen (secondary N) is 1. The highest BCUT2D eigenvalue weighted by molar-refractivity contribution is 7.99. The van der Waals surface area contributed by atoms with Gasteiger partial charge in [0.15, 0.2) is 0 Å². The van der Waals surface area contributed by atoms with Crippen LogP contribution in [0, 0.1) is 0 Å². The van der Waals surface area contributed by atoms with E-state index in [1.54, 1.807) is 17.0 Å². The highest BCUT2D eigenvalue weighted by Gasteiger charge is 2.30. The fourth-order valence-corrected chi connectivity index (χ4v) is 5.25. The Bertz CT molecular complexity index is 1180. The summed E-state index contributed by atoms with van der Waals surface area (Å²) in [4.78, 5) is 28.8. The van der Waals surface area contributed by atoms with Gasteiger partial charge in [0.2, 0.25) is 11.8 Å². The molecule has 0 saturated carbocycles. The first-order valence-electron chi connectivity index (χ1n) is 12.2. The largest absolute Gasteiger partial charge is 0.354 e. The van der Waals surface area contributed by atoms with Gasteiger partial charge in [0.1, 0.15) is 6.04 Å².